The molecule has 0 amide bonds. The molecule has 1 atom stereocenters. The monoisotopic (exact) mass is 167 g/mol. The lowest BCUT2D eigenvalue weighted by Crippen LogP contribution is -2.28. The van der Waals surface area contributed by atoms with Gasteiger partial charge in [-0.3, -0.25) is 4.55 Å². The summed E-state index contributed by atoms with van der Waals surface area (Å²) < 4.78 is 25.1. The van der Waals surface area contributed by atoms with Gasteiger partial charge in [-0.25, -0.2) is 4.21 Å². The lowest BCUT2D eigenvalue weighted by molar-refractivity contribution is 0.180. The largest absolute Gasteiger partial charge is 0.383 e. The van der Waals surface area contributed by atoms with Gasteiger partial charge in [0.2, 0.25) is 11.3 Å². The number of likely N-dealkylation sites (N-methyl/N-ethyl adjacent to an activating group) is 1. The van der Waals surface area contributed by atoms with Gasteiger partial charge in [0.25, 0.3) is 0 Å². The average Bonchev–Trinajstić information content (AvgIpc) is 1.89. The first kappa shape index (κ1) is 10.0. The Morgan fingerprint density at radius 1 is 1.70 bits per heavy atom. The van der Waals surface area contributed by atoms with Crippen LogP contribution in [0.25, 0.3) is 0 Å². The summed E-state index contributed by atoms with van der Waals surface area (Å²) in [6, 6.07) is 0. The Morgan fingerprint density at radius 3 is 2.60 bits per heavy atom. The number of rotatable bonds is 5. The standard InChI is InChI=1S/C5H13NO3S/c1-3-6(10(7)8)4-5-9-2/h3-5H2,1-2H3,(H,7,8). The Bertz CT molecular complexity index is 109. The molecule has 0 saturated carbocycles. The minimum atomic E-state index is -1.85. The fourth-order valence-corrected chi connectivity index (χ4v) is 0.991. The third-order valence-electron chi connectivity index (χ3n) is 1.12. The Balaban J connectivity index is 3.50. The van der Waals surface area contributed by atoms with Gasteiger partial charge in [-0.2, -0.15) is 4.31 Å². The molecule has 0 aromatic heterocycles. The lowest BCUT2D eigenvalue weighted by atomic mass is 10.6. The summed E-state index contributed by atoms with van der Waals surface area (Å²) in [6.45, 7) is 3.37. The molecule has 5 heteroatoms. The molecule has 0 rings (SSSR count). The molecule has 1 unspecified atom stereocenters. The SMILES string of the molecule is CCN(CCOC)S(=O)O. The van der Waals surface area contributed by atoms with Crippen molar-refractivity contribution >= 4 is 11.3 Å². The normalized spacial score (nSPS) is 14.0. The van der Waals surface area contributed by atoms with E-state index >= 15 is 0 Å². The summed E-state index contributed by atoms with van der Waals surface area (Å²) in [7, 11) is 1.56. The molecule has 0 bridgehead atoms. The highest BCUT2D eigenvalue weighted by molar-refractivity contribution is 7.76. The number of ether oxygens (including phenoxy) is 1. The van der Waals surface area contributed by atoms with Crippen LogP contribution < -0.4 is 0 Å². The minimum absolute atomic E-state index is 0.486. The molecule has 62 valence electrons. The molecule has 0 fully saturated rings. The summed E-state index contributed by atoms with van der Waals surface area (Å²) >= 11 is -1.85. The summed E-state index contributed by atoms with van der Waals surface area (Å²) in [5.41, 5.74) is 0. The molecular weight excluding hydrogens is 154 g/mol. The van der Waals surface area contributed by atoms with E-state index in [2.05, 4.69) is 0 Å². The van der Waals surface area contributed by atoms with Crippen LogP contribution in [0, 0.1) is 0 Å². The van der Waals surface area contributed by atoms with Crippen molar-refractivity contribution in [3.05, 3.63) is 0 Å². The molecule has 0 aromatic rings. The first-order chi connectivity index (χ1) is 4.72. The van der Waals surface area contributed by atoms with Crippen LogP contribution in [0.15, 0.2) is 0 Å². The van der Waals surface area contributed by atoms with E-state index in [-0.39, 0.29) is 0 Å². The maximum absolute atomic E-state index is 10.4. The van der Waals surface area contributed by atoms with Crippen molar-refractivity contribution in [1.82, 2.24) is 4.31 Å². The first-order valence-corrected chi connectivity index (χ1v) is 4.13. The zero-order valence-electron chi connectivity index (χ0n) is 6.24. The maximum atomic E-state index is 10.4. The van der Waals surface area contributed by atoms with Crippen LogP contribution in [0.4, 0.5) is 0 Å². The highest BCUT2D eigenvalue weighted by Crippen LogP contribution is 1.89. The Kier molecular flexibility index (Phi) is 5.81. The van der Waals surface area contributed by atoms with Crippen LogP contribution in [0.1, 0.15) is 6.92 Å². The van der Waals surface area contributed by atoms with Gasteiger partial charge in [-0.05, 0) is 0 Å². The van der Waals surface area contributed by atoms with E-state index < -0.39 is 11.3 Å². The zero-order valence-corrected chi connectivity index (χ0v) is 7.06. The topological polar surface area (TPSA) is 49.8 Å². The Morgan fingerprint density at radius 2 is 2.30 bits per heavy atom. The molecule has 0 aliphatic rings. The smallest absolute Gasteiger partial charge is 0.234 e. The van der Waals surface area contributed by atoms with E-state index in [9.17, 15) is 4.21 Å². The third kappa shape index (κ3) is 3.94. The van der Waals surface area contributed by atoms with E-state index in [0.29, 0.717) is 19.7 Å². The summed E-state index contributed by atoms with van der Waals surface area (Å²) in [4.78, 5) is 0. The first-order valence-electron chi connectivity index (χ1n) is 3.07. The molecule has 0 spiro atoms. The second kappa shape index (κ2) is 5.79. The van der Waals surface area contributed by atoms with Crippen molar-refractivity contribution in [1.29, 1.82) is 0 Å². The van der Waals surface area contributed by atoms with Gasteiger partial charge in [-0.1, -0.05) is 6.92 Å². The number of hydrogen-bond donors (Lipinski definition) is 1. The molecule has 0 aliphatic heterocycles. The second-order valence-electron chi connectivity index (χ2n) is 1.75. The predicted octanol–water partition coefficient (Wildman–Crippen LogP) is 0.0914. The van der Waals surface area contributed by atoms with Gasteiger partial charge in [0.15, 0.2) is 0 Å². The highest BCUT2D eigenvalue weighted by Gasteiger charge is 2.05. The minimum Gasteiger partial charge on any atom is -0.383 e. The molecule has 0 radical (unpaired) electrons. The van der Waals surface area contributed by atoms with Gasteiger partial charge in [0, 0.05) is 20.2 Å². The maximum Gasteiger partial charge on any atom is 0.234 e. The quantitative estimate of drug-likeness (QED) is 0.590. The molecule has 0 heterocycles. The van der Waals surface area contributed by atoms with E-state index in [1.807, 2.05) is 6.92 Å². The van der Waals surface area contributed by atoms with E-state index in [4.69, 9.17) is 9.29 Å². The van der Waals surface area contributed by atoms with Gasteiger partial charge in [0.05, 0.1) is 6.61 Å². The van der Waals surface area contributed by atoms with Crippen molar-refractivity contribution in [2.45, 2.75) is 6.92 Å². The number of methoxy groups -OCH3 is 1. The van der Waals surface area contributed by atoms with Crippen molar-refractivity contribution in [3.63, 3.8) is 0 Å². The van der Waals surface area contributed by atoms with E-state index in [0.717, 1.165) is 0 Å². The molecule has 0 saturated heterocycles. The Labute approximate surface area is 63.6 Å². The fraction of sp³-hybridized carbons (Fsp3) is 1.00. The van der Waals surface area contributed by atoms with Gasteiger partial charge < -0.3 is 4.74 Å². The highest BCUT2D eigenvalue weighted by atomic mass is 32.2. The zero-order chi connectivity index (χ0) is 7.98. The van der Waals surface area contributed by atoms with Crippen molar-refractivity contribution < 1.29 is 13.5 Å². The van der Waals surface area contributed by atoms with Crippen molar-refractivity contribution in [3.8, 4) is 0 Å². The third-order valence-corrected chi connectivity index (χ3v) is 2.00. The van der Waals surface area contributed by atoms with Crippen LogP contribution in [0.3, 0.4) is 0 Å². The molecule has 4 nitrogen and oxygen atoms in total. The predicted molar refractivity (Wildman–Crippen MR) is 39.9 cm³/mol. The molecule has 1 N–H and O–H groups in total. The molecule has 0 aliphatic carbocycles. The van der Waals surface area contributed by atoms with E-state index in [1.54, 1.807) is 7.11 Å². The summed E-state index contributed by atoms with van der Waals surface area (Å²) in [6.07, 6.45) is 0. The van der Waals surface area contributed by atoms with Gasteiger partial charge >= 0.3 is 0 Å². The van der Waals surface area contributed by atoms with E-state index in [1.165, 1.54) is 4.31 Å². The molecule has 10 heavy (non-hydrogen) atoms. The van der Waals surface area contributed by atoms with Crippen LogP contribution >= 0.6 is 0 Å². The average molecular weight is 167 g/mol. The van der Waals surface area contributed by atoms with Crippen molar-refractivity contribution in [2.24, 2.45) is 0 Å². The van der Waals surface area contributed by atoms with Crippen LogP contribution in [-0.2, 0) is 16.0 Å². The van der Waals surface area contributed by atoms with Gasteiger partial charge in [0.1, 0.15) is 0 Å². The number of hydrogen-bond acceptors (Lipinski definition) is 2. The summed E-state index contributed by atoms with van der Waals surface area (Å²) in [5.74, 6) is 0. The van der Waals surface area contributed by atoms with Crippen LogP contribution in [-0.4, -0.2) is 39.9 Å². The Hall–Kier alpha value is 0.0300. The molecule has 0 aromatic carbocycles. The van der Waals surface area contributed by atoms with Crippen LogP contribution in [0.2, 0.25) is 0 Å². The fourth-order valence-electron chi connectivity index (χ4n) is 0.540. The molecular formula is C5H13NO3S. The second-order valence-corrected chi connectivity index (χ2v) is 2.72. The van der Waals surface area contributed by atoms with Crippen molar-refractivity contribution in [2.75, 3.05) is 26.8 Å². The lowest BCUT2D eigenvalue weighted by Gasteiger charge is -2.13. The number of nitrogens with zero attached hydrogens (tertiary/aromatic N) is 1. The van der Waals surface area contributed by atoms with Crippen LogP contribution in [0.5, 0.6) is 0 Å². The summed E-state index contributed by atoms with van der Waals surface area (Å²) in [5, 5.41) is 0. The van der Waals surface area contributed by atoms with Gasteiger partial charge in [-0.15, -0.1) is 0 Å².